The third kappa shape index (κ3) is 4.91. The zero-order chi connectivity index (χ0) is 18.4. The van der Waals surface area contributed by atoms with Gasteiger partial charge in [-0.15, -0.1) is 0 Å². The largest absolute Gasteiger partial charge is 0.457 e. The van der Waals surface area contributed by atoms with Crippen LogP contribution in [-0.2, 0) is 0 Å². The number of carbonyl (C=O) groups excluding carboxylic acids is 1. The number of benzene rings is 3. The highest BCUT2D eigenvalue weighted by atomic mass is 32.1. The van der Waals surface area contributed by atoms with Gasteiger partial charge in [0.1, 0.15) is 11.5 Å². The molecule has 0 aromatic heterocycles. The van der Waals surface area contributed by atoms with Gasteiger partial charge in [0.25, 0.3) is 0 Å². The summed E-state index contributed by atoms with van der Waals surface area (Å²) >= 11 is 5.32. The zero-order valence-electron chi connectivity index (χ0n) is 14.2. The maximum absolute atomic E-state index is 11.3. The summed E-state index contributed by atoms with van der Waals surface area (Å²) in [7, 11) is 0. The fraction of sp³-hybridized carbons (Fsp3) is 0.0476. The van der Waals surface area contributed by atoms with Crippen LogP contribution in [0.1, 0.15) is 17.3 Å². The number of hydrogen-bond acceptors (Lipinski definition) is 3. The lowest BCUT2D eigenvalue weighted by atomic mass is 10.1. The molecule has 0 radical (unpaired) electrons. The minimum Gasteiger partial charge on any atom is -0.457 e. The molecule has 3 aromatic rings. The van der Waals surface area contributed by atoms with E-state index in [0.717, 1.165) is 22.9 Å². The molecule has 0 amide bonds. The van der Waals surface area contributed by atoms with E-state index in [-0.39, 0.29) is 5.78 Å². The molecule has 26 heavy (non-hydrogen) atoms. The standard InChI is InChI=1S/C21H18N2O2S/c1-15(24)16-7-9-17(10-8-16)22-21(26)23-18-11-13-20(14-12-18)25-19-5-3-2-4-6-19/h2-14H,1H3,(H2,22,23,26). The molecule has 3 aromatic carbocycles. The highest BCUT2D eigenvalue weighted by Gasteiger charge is 2.02. The van der Waals surface area contributed by atoms with Crippen LogP contribution in [0, 0.1) is 0 Å². The van der Waals surface area contributed by atoms with Gasteiger partial charge in [-0.25, -0.2) is 0 Å². The topological polar surface area (TPSA) is 50.4 Å². The van der Waals surface area contributed by atoms with Crippen LogP contribution in [0.3, 0.4) is 0 Å². The summed E-state index contributed by atoms with van der Waals surface area (Å²) < 4.78 is 5.76. The van der Waals surface area contributed by atoms with Crippen molar-refractivity contribution < 1.29 is 9.53 Å². The van der Waals surface area contributed by atoms with Crippen LogP contribution in [0.4, 0.5) is 11.4 Å². The zero-order valence-corrected chi connectivity index (χ0v) is 15.0. The third-order valence-corrected chi connectivity index (χ3v) is 3.84. The predicted molar refractivity (Wildman–Crippen MR) is 109 cm³/mol. The molecule has 0 saturated carbocycles. The van der Waals surface area contributed by atoms with E-state index in [1.807, 2.05) is 66.7 Å². The number of rotatable bonds is 5. The highest BCUT2D eigenvalue weighted by Crippen LogP contribution is 2.22. The molecule has 2 N–H and O–H groups in total. The maximum atomic E-state index is 11.3. The van der Waals surface area contributed by atoms with Gasteiger partial charge >= 0.3 is 0 Å². The van der Waals surface area contributed by atoms with Crippen molar-refractivity contribution in [1.82, 2.24) is 0 Å². The minimum absolute atomic E-state index is 0.0371. The van der Waals surface area contributed by atoms with Crippen LogP contribution in [0.2, 0.25) is 0 Å². The van der Waals surface area contributed by atoms with Crippen molar-refractivity contribution in [2.24, 2.45) is 0 Å². The molecule has 0 aliphatic rings. The first-order valence-corrected chi connectivity index (χ1v) is 8.53. The Morgan fingerprint density at radius 2 is 1.27 bits per heavy atom. The van der Waals surface area contributed by atoms with Crippen LogP contribution < -0.4 is 15.4 Å². The molecule has 5 heteroatoms. The highest BCUT2D eigenvalue weighted by molar-refractivity contribution is 7.80. The monoisotopic (exact) mass is 362 g/mol. The van der Waals surface area contributed by atoms with Gasteiger partial charge in [0.15, 0.2) is 10.9 Å². The van der Waals surface area contributed by atoms with Gasteiger partial charge in [-0.3, -0.25) is 4.79 Å². The molecule has 0 aliphatic carbocycles. The number of anilines is 2. The van der Waals surface area contributed by atoms with Gasteiger partial charge in [0.2, 0.25) is 0 Å². The Hall–Kier alpha value is -3.18. The van der Waals surface area contributed by atoms with Crippen LogP contribution >= 0.6 is 12.2 Å². The summed E-state index contributed by atoms with van der Waals surface area (Å²) in [4.78, 5) is 11.3. The first-order valence-electron chi connectivity index (χ1n) is 8.12. The maximum Gasteiger partial charge on any atom is 0.175 e. The molecule has 0 heterocycles. The molecule has 4 nitrogen and oxygen atoms in total. The van der Waals surface area contributed by atoms with Crippen LogP contribution in [-0.4, -0.2) is 10.9 Å². The quantitative estimate of drug-likeness (QED) is 0.464. The number of carbonyl (C=O) groups is 1. The van der Waals surface area contributed by atoms with E-state index >= 15 is 0 Å². The smallest absolute Gasteiger partial charge is 0.175 e. The second-order valence-electron chi connectivity index (χ2n) is 5.65. The molecular weight excluding hydrogens is 344 g/mol. The Kier molecular flexibility index (Phi) is 5.61. The Balaban J connectivity index is 1.56. The molecule has 0 unspecified atom stereocenters. The summed E-state index contributed by atoms with van der Waals surface area (Å²) in [6.45, 7) is 1.54. The predicted octanol–water partition coefficient (Wildman–Crippen LogP) is 5.49. The van der Waals surface area contributed by atoms with Gasteiger partial charge < -0.3 is 15.4 Å². The first-order chi connectivity index (χ1) is 12.6. The lowest BCUT2D eigenvalue weighted by Gasteiger charge is -2.11. The Morgan fingerprint density at radius 1 is 0.769 bits per heavy atom. The van der Waals surface area contributed by atoms with Gasteiger partial charge in [0.05, 0.1) is 0 Å². The van der Waals surface area contributed by atoms with E-state index < -0.39 is 0 Å². The summed E-state index contributed by atoms with van der Waals surface area (Å²) in [6.07, 6.45) is 0. The summed E-state index contributed by atoms with van der Waals surface area (Å²) in [5, 5.41) is 6.68. The second-order valence-corrected chi connectivity index (χ2v) is 6.06. The van der Waals surface area contributed by atoms with E-state index in [4.69, 9.17) is 17.0 Å². The summed E-state index contributed by atoms with van der Waals surface area (Å²) in [6, 6.07) is 24.3. The number of nitrogens with one attached hydrogen (secondary N) is 2. The number of Topliss-reactive ketones (excluding diaryl/α,β-unsaturated/α-hetero) is 1. The summed E-state index contributed by atoms with van der Waals surface area (Å²) in [5.41, 5.74) is 2.34. The van der Waals surface area contributed by atoms with Crippen LogP contribution in [0.15, 0.2) is 78.9 Å². The number of ketones is 1. The Morgan fingerprint density at radius 3 is 1.81 bits per heavy atom. The lowest BCUT2D eigenvalue weighted by Crippen LogP contribution is -2.18. The molecule has 0 bridgehead atoms. The molecule has 3 rings (SSSR count). The van der Waals surface area contributed by atoms with Crippen molar-refractivity contribution in [1.29, 1.82) is 0 Å². The average molecular weight is 362 g/mol. The number of para-hydroxylation sites is 1. The molecule has 130 valence electrons. The van der Waals surface area contributed by atoms with Crippen molar-refractivity contribution >= 4 is 34.5 Å². The van der Waals surface area contributed by atoms with Crippen molar-refractivity contribution in [3.05, 3.63) is 84.4 Å². The molecule has 0 saturated heterocycles. The Labute approximate surface area is 157 Å². The van der Waals surface area contributed by atoms with Crippen LogP contribution in [0.25, 0.3) is 0 Å². The Bertz CT molecular complexity index is 892. The number of hydrogen-bond donors (Lipinski definition) is 2. The van der Waals surface area contributed by atoms with Crippen molar-refractivity contribution in [3.8, 4) is 11.5 Å². The van der Waals surface area contributed by atoms with Gasteiger partial charge in [-0.2, -0.15) is 0 Å². The fourth-order valence-corrected chi connectivity index (χ4v) is 2.55. The molecule has 0 fully saturated rings. The van der Waals surface area contributed by atoms with Gasteiger partial charge in [0, 0.05) is 16.9 Å². The van der Waals surface area contributed by atoms with E-state index in [2.05, 4.69) is 10.6 Å². The molecule has 0 aliphatic heterocycles. The van der Waals surface area contributed by atoms with Crippen molar-refractivity contribution in [3.63, 3.8) is 0 Å². The first kappa shape index (κ1) is 17.6. The lowest BCUT2D eigenvalue weighted by molar-refractivity contribution is 0.101. The van der Waals surface area contributed by atoms with E-state index in [0.29, 0.717) is 10.7 Å². The SMILES string of the molecule is CC(=O)c1ccc(NC(=S)Nc2ccc(Oc3ccccc3)cc2)cc1. The number of thiocarbonyl (C=S) groups is 1. The van der Waals surface area contributed by atoms with Gasteiger partial charge in [-0.1, -0.05) is 18.2 Å². The summed E-state index contributed by atoms with van der Waals surface area (Å²) in [5.74, 6) is 1.58. The van der Waals surface area contributed by atoms with Crippen molar-refractivity contribution in [2.75, 3.05) is 10.6 Å². The molecular formula is C21H18N2O2S. The number of ether oxygens (including phenoxy) is 1. The molecule has 0 atom stereocenters. The molecule has 0 spiro atoms. The van der Waals surface area contributed by atoms with Gasteiger partial charge in [-0.05, 0) is 79.8 Å². The second kappa shape index (κ2) is 8.27. The third-order valence-electron chi connectivity index (χ3n) is 3.64. The minimum atomic E-state index is 0.0371. The fourth-order valence-electron chi connectivity index (χ4n) is 2.31. The average Bonchev–Trinajstić information content (AvgIpc) is 2.64. The van der Waals surface area contributed by atoms with E-state index in [1.54, 1.807) is 19.1 Å². The normalized spacial score (nSPS) is 10.0. The van der Waals surface area contributed by atoms with E-state index in [9.17, 15) is 4.79 Å². The van der Waals surface area contributed by atoms with E-state index in [1.165, 1.54) is 0 Å². The van der Waals surface area contributed by atoms with Crippen LogP contribution in [0.5, 0.6) is 11.5 Å². The van der Waals surface area contributed by atoms with Crippen molar-refractivity contribution in [2.45, 2.75) is 6.92 Å².